The van der Waals surface area contributed by atoms with Crippen LogP contribution in [0.4, 0.5) is 5.69 Å². The molecule has 3 rings (SSSR count). The van der Waals surface area contributed by atoms with E-state index in [-0.39, 0.29) is 5.91 Å². The number of hydrogen-bond donors (Lipinski definition) is 1. The molecule has 0 unspecified atom stereocenters. The predicted molar refractivity (Wildman–Crippen MR) is 101 cm³/mol. The van der Waals surface area contributed by atoms with Crippen molar-refractivity contribution in [1.82, 2.24) is 0 Å². The Labute approximate surface area is 149 Å². The number of benzene rings is 2. The highest BCUT2D eigenvalue weighted by Crippen LogP contribution is 2.25. The molecule has 1 N–H and O–H groups in total. The van der Waals surface area contributed by atoms with E-state index in [1.807, 2.05) is 42.5 Å². The molecule has 1 aliphatic rings. The molecule has 1 amide bonds. The van der Waals surface area contributed by atoms with Crippen molar-refractivity contribution in [3.05, 3.63) is 59.7 Å². The fourth-order valence-corrected chi connectivity index (χ4v) is 3.14. The lowest BCUT2D eigenvalue weighted by Gasteiger charge is -2.13. The standard InChI is InChI=1S/C22H23NO2/c1-2-17-7-5-9-19(15-17)23-22(24)14-13-18-8-6-12-21(16-18)25-20-10-3-4-11-20/h1,5-9,12,15-16,20H,3-4,10-11,13-14H2,(H,23,24). The lowest BCUT2D eigenvalue weighted by Crippen LogP contribution is -2.13. The molecule has 25 heavy (non-hydrogen) atoms. The summed E-state index contributed by atoms with van der Waals surface area (Å²) in [5.74, 6) is 3.46. The van der Waals surface area contributed by atoms with Crippen molar-refractivity contribution in [3.63, 3.8) is 0 Å². The van der Waals surface area contributed by atoms with Crippen molar-refractivity contribution in [2.45, 2.75) is 44.6 Å². The van der Waals surface area contributed by atoms with E-state index >= 15 is 0 Å². The summed E-state index contributed by atoms with van der Waals surface area (Å²) in [7, 11) is 0. The van der Waals surface area contributed by atoms with Crippen molar-refractivity contribution in [1.29, 1.82) is 0 Å². The smallest absolute Gasteiger partial charge is 0.224 e. The maximum Gasteiger partial charge on any atom is 0.224 e. The Morgan fingerprint density at radius 3 is 2.76 bits per heavy atom. The topological polar surface area (TPSA) is 38.3 Å². The maximum atomic E-state index is 12.2. The number of terminal acetylenes is 1. The highest BCUT2D eigenvalue weighted by atomic mass is 16.5. The monoisotopic (exact) mass is 333 g/mol. The fourth-order valence-electron chi connectivity index (χ4n) is 3.14. The molecule has 1 fully saturated rings. The molecule has 0 radical (unpaired) electrons. The van der Waals surface area contributed by atoms with E-state index in [1.54, 1.807) is 6.07 Å². The van der Waals surface area contributed by atoms with Gasteiger partial charge >= 0.3 is 0 Å². The maximum absolute atomic E-state index is 12.2. The van der Waals surface area contributed by atoms with Crippen molar-refractivity contribution >= 4 is 11.6 Å². The van der Waals surface area contributed by atoms with E-state index < -0.39 is 0 Å². The number of amides is 1. The molecule has 0 aliphatic heterocycles. The zero-order valence-corrected chi connectivity index (χ0v) is 14.3. The largest absolute Gasteiger partial charge is 0.490 e. The van der Waals surface area contributed by atoms with Gasteiger partial charge in [0.1, 0.15) is 5.75 Å². The fraction of sp³-hybridized carbons (Fsp3) is 0.318. The molecule has 2 aromatic rings. The molecule has 128 valence electrons. The van der Waals surface area contributed by atoms with Crippen LogP contribution in [-0.4, -0.2) is 12.0 Å². The Bertz CT molecular complexity index is 770. The van der Waals surface area contributed by atoms with E-state index in [0.29, 0.717) is 18.9 Å². The van der Waals surface area contributed by atoms with Crippen LogP contribution in [0.25, 0.3) is 0 Å². The van der Waals surface area contributed by atoms with Crippen LogP contribution < -0.4 is 10.1 Å². The first-order valence-electron chi connectivity index (χ1n) is 8.85. The van der Waals surface area contributed by atoms with Gasteiger partial charge in [0.15, 0.2) is 0 Å². The number of rotatable bonds is 6. The zero-order valence-electron chi connectivity index (χ0n) is 14.3. The van der Waals surface area contributed by atoms with Gasteiger partial charge in [-0.25, -0.2) is 0 Å². The molecule has 0 heterocycles. The Balaban J connectivity index is 1.52. The van der Waals surface area contributed by atoms with Crippen molar-refractivity contribution in [3.8, 4) is 18.1 Å². The quantitative estimate of drug-likeness (QED) is 0.787. The predicted octanol–water partition coefficient (Wildman–Crippen LogP) is 4.56. The second-order valence-corrected chi connectivity index (χ2v) is 6.45. The Morgan fingerprint density at radius 1 is 1.16 bits per heavy atom. The molecular weight excluding hydrogens is 310 g/mol. The summed E-state index contributed by atoms with van der Waals surface area (Å²) < 4.78 is 6.02. The third-order valence-corrected chi connectivity index (χ3v) is 4.46. The first-order valence-corrected chi connectivity index (χ1v) is 8.85. The summed E-state index contributed by atoms with van der Waals surface area (Å²) in [5.41, 5.74) is 2.61. The first kappa shape index (κ1) is 17.1. The van der Waals surface area contributed by atoms with Gasteiger partial charge in [0.25, 0.3) is 0 Å². The normalized spacial score (nSPS) is 14.0. The highest BCUT2D eigenvalue weighted by molar-refractivity contribution is 5.91. The van der Waals surface area contributed by atoms with Gasteiger partial charge in [-0.3, -0.25) is 4.79 Å². The van der Waals surface area contributed by atoms with Gasteiger partial charge in [0, 0.05) is 17.7 Å². The summed E-state index contributed by atoms with van der Waals surface area (Å²) >= 11 is 0. The minimum absolute atomic E-state index is 0.0173. The molecule has 0 bridgehead atoms. The number of anilines is 1. The van der Waals surface area contributed by atoms with Crippen LogP contribution in [-0.2, 0) is 11.2 Å². The minimum Gasteiger partial charge on any atom is -0.490 e. The molecule has 1 aliphatic carbocycles. The number of carbonyl (C=O) groups is 1. The van der Waals surface area contributed by atoms with Gasteiger partial charge in [-0.15, -0.1) is 6.42 Å². The molecule has 0 atom stereocenters. The molecular formula is C22H23NO2. The molecule has 0 spiro atoms. The molecule has 3 heteroatoms. The summed E-state index contributed by atoms with van der Waals surface area (Å²) in [6, 6.07) is 15.4. The Morgan fingerprint density at radius 2 is 1.96 bits per heavy atom. The number of carbonyl (C=O) groups excluding carboxylic acids is 1. The van der Waals surface area contributed by atoms with Crippen LogP contribution in [0, 0.1) is 12.3 Å². The van der Waals surface area contributed by atoms with Crippen LogP contribution >= 0.6 is 0 Å². The van der Waals surface area contributed by atoms with Gasteiger partial charge in [-0.2, -0.15) is 0 Å². The number of hydrogen-bond acceptors (Lipinski definition) is 2. The van der Waals surface area contributed by atoms with Crippen LogP contribution in [0.1, 0.15) is 43.2 Å². The lowest BCUT2D eigenvalue weighted by molar-refractivity contribution is -0.116. The summed E-state index contributed by atoms with van der Waals surface area (Å²) in [5, 5.41) is 2.89. The average molecular weight is 333 g/mol. The van der Waals surface area contributed by atoms with Gasteiger partial charge in [0.2, 0.25) is 5.91 Å². The van der Waals surface area contributed by atoms with Crippen molar-refractivity contribution in [2.24, 2.45) is 0 Å². The van der Waals surface area contributed by atoms with Crippen LogP contribution in [0.2, 0.25) is 0 Å². The van der Waals surface area contributed by atoms with Gasteiger partial charge in [-0.05, 0) is 68.0 Å². The van der Waals surface area contributed by atoms with Crippen LogP contribution in [0.5, 0.6) is 5.75 Å². The number of ether oxygens (including phenoxy) is 1. The molecule has 0 saturated heterocycles. The summed E-state index contributed by atoms with van der Waals surface area (Å²) in [6.07, 6.45) is 11.6. The second kappa shape index (κ2) is 8.39. The lowest BCUT2D eigenvalue weighted by atomic mass is 10.1. The van der Waals surface area contributed by atoms with Crippen LogP contribution in [0.3, 0.4) is 0 Å². The third-order valence-electron chi connectivity index (χ3n) is 4.46. The molecule has 0 aromatic heterocycles. The minimum atomic E-state index is -0.0173. The van der Waals surface area contributed by atoms with E-state index in [0.717, 1.165) is 35.4 Å². The van der Waals surface area contributed by atoms with Crippen molar-refractivity contribution < 1.29 is 9.53 Å². The molecule has 2 aromatic carbocycles. The average Bonchev–Trinajstić information content (AvgIpc) is 3.13. The second-order valence-electron chi connectivity index (χ2n) is 6.45. The van der Waals surface area contributed by atoms with Gasteiger partial charge < -0.3 is 10.1 Å². The van der Waals surface area contributed by atoms with E-state index in [4.69, 9.17) is 11.2 Å². The summed E-state index contributed by atoms with van der Waals surface area (Å²) in [6.45, 7) is 0. The Kier molecular flexibility index (Phi) is 5.74. The molecule has 3 nitrogen and oxygen atoms in total. The van der Waals surface area contributed by atoms with Gasteiger partial charge in [-0.1, -0.05) is 24.1 Å². The number of nitrogens with one attached hydrogen (secondary N) is 1. The van der Waals surface area contributed by atoms with E-state index in [1.165, 1.54) is 12.8 Å². The van der Waals surface area contributed by atoms with E-state index in [2.05, 4.69) is 11.2 Å². The van der Waals surface area contributed by atoms with Crippen LogP contribution in [0.15, 0.2) is 48.5 Å². The van der Waals surface area contributed by atoms with E-state index in [9.17, 15) is 4.79 Å². The summed E-state index contributed by atoms with van der Waals surface area (Å²) in [4.78, 5) is 12.2. The highest BCUT2D eigenvalue weighted by Gasteiger charge is 2.16. The first-order chi connectivity index (χ1) is 12.2. The number of aryl methyl sites for hydroxylation is 1. The van der Waals surface area contributed by atoms with Gasteiger partial charge in [0.05, 0.1) is 6.10 Å². The SMILES string of the molecule is C#Cc1cccc(NC(=O)CCc2cccc(OC3CCCC3)c2)c1. The zero-order chi connectivity index (χ0) is 17.5. The Hall–Kier alpha value is -2.73. The third kappa shape index (κ3) is 5.12. The van der Waals surface area contributed by atoms with Crippen molar-refractivity contribution in [2.75, 3.05) is 5.32 Å². The molecule has 1 saturated carbocycles.